The molecule has 2 aliphatic carbocycles. The Bertz CT molecular complexity index is 456. The van der Waals surface area contributed by atoms with E-state index in [0.717, 1.165) is 19.3 Å². The summed E-state index contributed by atoms with van der Waals surface area (Å²) in [5.41, 5.74) is 6.12. The molecule has 4 atom stereocenters. The Morgan fingerprint density at radius 3 is 2.48 bits per heavy atom. The lowest BCUT2D eigenvalue weighted by molar-refractivity contribution is -0.127. The normalized spacial score (nSPS) is 31.0. The van der Waals surface area contributed by atoms with Crippen molar-refractivity contribution >= 4 is 28.3 Å². The van der Waals surface area contributed by atoms with Crippen molar-refractivity contribution in [2.75, 3.05) is 18.8 Å². The predicted molar refractivity (Wildman–Crippen MR) is 84.6 cm³/mol. The first-order chi connectivity index (χ1) is 9.44. The van der Waals surface area contributed by atoms with Gasteiger partial charge < -0.3 is 11.1 Å². The van der Waals surface area contributed by atoms with E-state index >= 15 is 0 Å². The van der Waals surface area contributed by atoms with Crippen molar-refractivity contribution in [3.8, 4) is 0 Å². The molecule has 6 nitrogen and oxygen atoms in total. The highest BCUT2D eigenvalue weighted by Gasteiger charge is 2.48. The molecule has 4 N–H and O–H groups in total. The van der Waals surface area contributed by atoms with E-state index in [0.29, 0.717) is 31.3 Å². The number of amides is 1. The zero-order valence-corrected chi connectivity index (χ0v) is 14.0. The number of rotatable bonds is 7. The van der Waals surface area contributed by atoms with E-state index < -0.39 is 10.0 Å². The van der Waals surface area contributed by atoms with Crippen LogP contribution >= 0.6 is 12.4 Å². The third kappa shape index (κ3) is 4.55. The first-order valence-corrected chi connectivity index (χ1v) is 9.10. The fourth-order valence-electron chi connectivity index (χ4n) is 3.47. The molecule has 2 fully saturated rings. The number of nitrogens with one attached hydrogen (secondary N) is 2. The summed E-state index contributed by atoms with van der Waals surface area (Å²) in [6.07, 6.45) is 3.97. The van der Waals surface area contributed by atoms with Crippen LogP contribution in [0.4, 0.5) is 0 Å². The minimum Gasteiger partial charge on any atom is -0.356 e. The number of nitrogens with two attached hydrogens (primary N) is 1. The van der Waals surface area contributed by atoms with Gasteiger partial charge in [-0.1, -0.05) is 0 Å². The Morgan fingerprint density at radius 2 is 1.90 bits per heavy atom. The first kappa shape index (κ1) is 18.7. The molecule has 0 saturated heterocycles. The Hall–Kier alpha value is -0.370. The minimum atomic E-state index is -3.13. The molecule has 1 amide bonds. The minimum absolute atomic E-state index is 0. The van der Waals surface area contributed by atoms with Gasteiger partial charge in [0.25, 0.3) is 0 Å². The van der Waals surface area contributed by atoms with Crippen molar-refractivity contribution in [2.45, 2.75) is 38.6 Å². The largest absolute Gasteiger partial charge is 0.356 e. The second-order valence-electron chi connectivity index (χ2n) is 5.88. The van der Waals surface area contributed by atoms with Crippen molar-refractivity contribution in [3.63, 3.8) is 0 Å². The molecular formula is C13H26ClN3O3S. The lowest BCUT2D eigenvalue weighted by Crippen LogP contribution is -2.45. The number of carbonyl (C=O) groups excluding carboxylic acids is 1. The Labute approximate surface area is 133 Å². The number of sulfonamides is 1. The molecule has 4 unspecified atom stereocenters. The van der Waals surface area contributed by atoms with Crippen molar-refractivity contribution in [1.29, 1.82) is 0 Å². The Kier molecular flexibility index (Phi) is 6.90. The second kappa shape index (κ2) is 7.76. The van der Waals surface area contributed by atoms with Gasteiger partial charge in [0.15, 0.2) is 0 Å². The molecule has 8 heteroatoms. The van der Waals surface area contributed by atoms with Gasteiger partial charge in [-0.2, -0.15) is 0 Å². The standard InChI is InChI=1S/C13H25N3O3S.ClH/c1-2-20(18,19)16-7-3-6-15-13(17)11-9-4-5-10(8-9)12(11)14;/h9-12,16H,2-8,14H2,1H3,(H,15,17);1H. The Balaban J connectivity index is 0.00000220. The van der Waals surface area contributed by atoms with Crippen LogP contribution < -0.4 is 15.8 Å². The highest BCUT2D eigenvalue weighted by molar-refractivity contribution is 7.89. The van der Waals surface area contributed by atoms with E-state index in [9.17, 15) is 13.2 Å². The van der Waals surface area contributed by atoms with Crippen molar-refractivity contribution in [2.24, 2.45) is 23.5 Å². The molecule has 2 rings (SSSR count). The van der Waals surface area contributed by atoms with Crippen LogP contribution in [0.1, 0.15) is 32.6 Å². The summed E-state index contributed by atoms with van der Waals surface area (Å²) in [6, 6.07) is 0.00680. The highest BCUT2D eigenvalue weighted by Crippen LogP contribution is 2.47. The molecule has 2 bridgehead atoms. The summed E-state index contributed by atoms with van der Waals surface area (Å²) < 4.78 is 24.9. The van der Waals surface area contributed by atoms with E-state index in [2.05, 4.69) is 10.0 Å². The van der Waals surface area contributed by atoms with Gasteiger partial charge >= 0.3 is 0 Å². The molecule has 21 heavy (non-hydrogen) atoms. The summed E-state index contributed by atoms with van der Waals surface area (Å²) in [7, 11) is -3.13. The van der Waals surface area contributed by atoms with E-state index in [1.807, 2.05) is 0 Å². The number of hydrogen-bond donors (Lipinski definition) is 3. The maximum atomic E-state index is 12.1. The van der Waals surface area contributed by atoms with Crippen LogP contribution in [-0.4, -0.2) is 39.2 Å². The average molecular weight is 340 g/mol. The fourth-order valence-corrected chi connectivity index (χ4v) is 4.13. The van der Waals surface area contributed by atoms with Gasteiger partial charge in [0.05, 0.1) is 11.7 Å². The maximum Gasteiger partial charge on any atom is 0.224 e. The summed E-state index contributed by atoms with van der Waals surface area (Å²) in [5.74, 6) is 1.06. The van der Waals surface area contributed by atoms with Gasteiger partial charge in [-0.3, -0.25) is 4.79 Å². The van der Waals surface area contributed by atoms with Gasteiger partial charge in [0, 0.05) is 19.1 Å². The molecular weight excluding hydrogens is 314 g/mol. The molecule has 0 aromatic heterocycles. The van der Waals surface area contributed by atoms with Gasteiger partial charge in [-0.05, 0) is 44.4 Å². The second-order valence-corrected chi connectivity index (χ2v) is 7.97. The quantitative estimate of drug-likeness (QED) is 0.578. The van der Waals surface area contributed by atoms with Crippen LogP contribution in [0.15, 0.2) is 0 Å². The molecule has 0 spiro atoms. The average Bonchev–Trinajstić information content (AvgIpc) is 2.98. The summed E-state index contributed by atoms with van der Waals surface area (Å²) in [6.45, 7) is 2.45. The van der Waals surface area contributed by atoms with Crippen LogP contribution in [0, 0.1) is 17.8 Å². The third-order valence-electron chi connectivity index (χ3n) is 4.64. The molecule has 0 aromatic carbocycles. The van der Waals surface area contributed by atoms with Gasteiger partial charge in [0.1, 0.15) is 0 Å². The topological polar surface area (TPSA) is 101 Å². The number of hydrogen-bond acceptors (Lipinski definition) is 4. The summed E-state index contributed by atoms with van der Waals surface area (Å²) in [4.78, 5) is 12.1. The van der Waals surface area contributed by atoms with Crippen molar-refractivity contribution < 1.29 is 13.2 Å². The van der Waals surface area contributed by atoms with Gasteiger partial charge in [0.2, 0.25) is 15.9 Å². The van der Waals surface area contributed by atoms with Crippen LogP contribution in [0.5, 0.6) is 0 Å². The highest BCUT2D eigenvalue weighted by atomic mass is 35.5. The summed E-state index contributed by atoms with van der Waals surface area (Å²) in [5, 5.41) is 2.89. The Morgan fingerprint density at radius 1 is 1.24 bits per heavy atom. The molecule has 2 saturated carbocycles. The molecule has 0 aliphatic heterocycles. The smallest absolute Gasteiger partial charge is 0.224 e. The fraction of sp³-hybridized carbons (Fsp3) is 0.923. The van der Waals surface area contributed by atoms with E-state index in [1.165, 1.54) is 0 Å². The molecule has 0 radical (unpaired) electrons. The maximum absolute atomic E-state index is 12.1. The SMILES string of the molecule is CCS(=O)(=O)NCCCNC(=O)C1C2CCC(C2)C1N.Cl. The monoisotopic (exact) mass is 339 g/mol. The number of fused-ring (bicyclic) bond motifs is 2. The van der Waals surface area contributed by atoms with Crippen LogP contribution in [0.25, 0.3) is 0 Å². The molecule has 0 heterocycles. The van der Waals surface area contributed by atoms with E-state index in [1.54, 1.807) is 6.92 Å². The number of carbonyl (C=O) groups is 1. The lowest BCUT2D eigenvalue weighted by atomic mass is 9.84. The van der Waals surface area contributed by atoms with Gasteiger partial charge in [-0.25, -0.2) is 13.1 Å². The first-order valence-electron chi connectivity index (χ1n) is 7.45. The van der Waals surface area contributed by atoms with E-state index in [4.69, 9.17) is 5.73 Å². The van der Waals surface area contributed by atoms with Gasteiger partial charge in [-0.15, -0.1) is 12.4 Å². The van der Waals surface area contributed by atoms with Crippen molar-refractivity contribution in [3.05, 3.63) is 0 Å². The predicted octanol–water partition coefficient (Wildman–Crippen LogP) is 0.227. The third-order valence-corrected chi connectivity index (χ3v) is 6.04. The van der Waals surface area contributed by atoms with Crippen LogP contribution in [0.2, 0.25) is 0 Å². The molecule has 0 aromatic rings. The zero-order valence-electron chi connectivity index (χ0n) is 12.4. The van der Waals surface area contributed by atoms with E-state index in [-0.39, 0.29) is 36.0 Å². The summed E-state index contributed by atoms with van der Waals surface area (Å²) >= 11 is 0. The van der Waals surface area contributed by atoms with Crippen molar-refractivity contribution in [1.82, 2.24) is 10.0 Å². The van der Waals surface area contributed by atoms with Crippen LogP contribution in [0.3, 0.4) is 0 Å². The zero-order chi connectivity index (χ0) is 14.8. The van der Waals surface area contributed by atoms with Crippen LogP contribution in [-0.2, 0) is 14.8 Å². The molecule has 124 valence electrons. The number of halogens is 1. The lowest BCUT2D eigenvalue weighted by Gasteiger charge is -2.27. The molecule has 2 aliphatic rings.